The van der Waals surface area contributed by atoms with Gasteiger partial charge in [0.2, 0.25) is 0 Å². The fourth-order valence-corrected chi connectivity index (χ4v) is 1.24. The Balaban J connectivity index is 2.56. The van der Waals surface area contributed by atoms with Gasteiger partial charge < -0.3 is 0 Å². The number of hydrogen-bond donors (Lipinski definition) is 0. The minimum absolute atomic E-state index is 0.0374. The summed E-state index contributed by atoms with van der Waals surface area (Å²) in [5.74, 6) is 0.0645. The van der Waals surface area contributed by atoms with Crippen LogP contribution in [0.15, 0.2) is 0 Å². The molecule has 2 atom stereocenters. The first-order valence-corrected chi connectivity index (χ1v) is 3.27. The van der Waals surface area contributed by atoms with Crippen molar-refractivity contribution in [2.75, 3.05) is 13.6 Å². The van der Waals surface area contributed by atoms with Crippen molar-refractivity contribution in [3.63, 3.8) is 0 Å². The molecule has 52 valence electrons. The standard InChI is InChI=1S/C7H9N3/c1-10-5-6(3-8)2-7(10)4-9/h6-7H,2,5H2,1H3/t6-,7+/m1/s1. The molecule has 0 aromatic heterocycles. The Labute approximate surface area is 60.5 Å². The highest BCUT2D eigenvalue weighted by Crippen LogP contribution is 2.19. The predicted molar refractivity (Wildman–Crippen MR) is 35.8 cm³/mol. The summed E-state index contributed by atoms with van der Waals surface area (Å²) in [6, 6.07) is 4.28. The van der Waals surface area contributed by atoms with Gasteiger partial charge in [-0.2, -0.15) is 10.5 Å². The minimum atomic E-state index is -0.0374. The maximum atomic E-state index is 8.55. The van der Waals surface area contributed by atoms with E-state index in [4.69, 9.17) is 10.5 Å². The molecule has 0 unspecified atom stereocenters. The van der Waals surface area contributed by atoms with Gasteiger partial charge in [0.1, 0.15) is 0 Å². The van der Waals surface area contributed by atoms with Gasteiger partial charge in [-0.05, 0) is 13.5 Å². The summed E-state index contributed by atoms with van der Waals surface area (Å²) < 4.78 is 0. The summed E-state index contributed by atoms with van der Waals surface area (Å²) >= 11 is 0. The summed E-state index contributed by atoms with van der Waals surface area (Å²) in [6.45, 7) is 0.745. The molecular formula is C7H9N3. The summed E-state index contributed by atoms with van der Waals surface area (Å²) in [5.41, 5.74) is 0. The number of hydrogen-bond acceptors (Lipinski definition) is 3. The first kappa shape index (κ1) is 7.05. The number of rotatable bonds is 0. The van der Waals surface area contributed by atoms with E-state index in [0.717, 1.165) is 6.54 Å². The summed E-state index contributed by atoms with van der Waals surface area (Å²) in [6.07, 6.45) is 0.712. The second-order valence-electron chi connectivity index (χ2n) is 2.65. The Morgan fingerprint density at radius 1 is 1.40 bits per heavy atom. The molecule has 3 heteroatoms. The molecule has 0 N–H and O–H groups in total. The first-order valence-electron chi connectivity index (χ1n) is 3.27. The van der Waals surface area contributed by atoms with E-state index < -0.39 is 0 Å². The van der Waals surface area contributed by atoms with Crippen LogP contribution in [0.25, 0.3) is 0 Å². The topological polar surface area (TPSA) is 50.8 Å². The van der Waals surface area contributed by atoms with Gasteiger partial charge >= 0.3 is 0 Å². The van der Waals surface area contributed by atoms with Crippen LogP contribution in [0.4, 0.5) is 0 Å². The molecule has 1 aliphatic heterocycles. The Morgan fingerprint density at radius 2 is 2.10 bits per heavy atom. The molecule has 0 aromatic carbocycles. The van der Waals surface area contributed by atoms with Gasteiger partial charge in [0.25, 0.3) is 0 Å². The highest BCUT2D eigenvalue weighted by Gasteiger charge is 2.28. The van der Waals surface area contributed by atoms with E-state index >= 15 is 0 Å². The third kappa shape index (κ3) is 1.10. The van der Waals surface area contributed by atoms with Gasteiger partial charge in [-0.15, -0.1) is 0 Å². The molecule has 0 aromatic rings. The van der Waals surface area contributed by atoms with E-state index in [9.17, 15) is 0 Å². The highest BCUT2D eigenvalue weighted by atomic mass is 15.1. The molecule has 1 fully saturated rings. The zero-order valence-corrected chi connectivity index (χ0v) is 5.91. The van der Waals surface area contributed by atoms with Crippen LogP contribution in [-0.2, 0) is 0 Å². The molecule has 3 nitrogen and oxygen atoms in total. The van der Waals surface area contributed by atoms with Crippen molar-refractivity contribution >= 4 is 0 Å². The molecular weight excluding hydrogens is 126 g/mol. The molecule has 1 aliphatic rings. The molecule has 0 radical (unpaired) electrons. The van der Waals surface area contributed by atoms with Crippen LogP contribution in [0.3, 0.4) is 0 Å². The van der Waals surface area contributed by atoms with Crippen molar-refractivity contribution < 1.29 is 0 Å². The van der Waals surface area contributed by atoms with E-state index in [1.807, 2.05) is 11.9 Å². The van der Waals surface area contributed by atoms with E-state index in [-0.39, 0.29) is 12.0 Å². The fraction of sp³-hybridized carbons (Fsp3) is 0.714. The Hall–Kier alpha value is -1.06. The van der Waals surface area contributed by atoms with Gasteiger partial charge in [0, 0.05) is 6.54 Å². The molecule has 1 saturated heterocycles. The Morgan fingerprint density at radius 3 is 2.40 bits per heavy atom. The van der Waals surface area contributed by atoms with Crippen LogP contribution in [0.5, 0.6) is 0 Å². The number of nitriles is 2. The van der Waals surface area contributed by atoms with Gasteiger partial charge in [-0.25, -0.2) is 0 Å². The third-order valence-electron chi connectivity index (χ3n) is 1.88. The molecule has 0 spiro atoms. The van der Waals surface area contributed by atoms with Crippen molar-refractivity contribution in [3.8, 4) is 12.1 Å². The highest BCUT2D eigenvalue weighted by molar-refractivity contribution is 5.03. The molecule has 0 saturated carbocycles. The molecule has 1 heterocycles. The minimum Gasteiger partial charge on any atom is -0.290 e. The van der Waals surface area contributed by atoms with Crippen molar-refractivity contribution in [1.29, 1.82) is 10.5 Å². The molecule has 0 aliphatic carbocycles. The maximum absolute atomic E-state index is 8.55. The van der Waals surface area contributed by atoms with Crippen LogP contribution >= 0.6 is 0 Å². The lowest BCUT2D eigenvalue weighted by Crippen LogP contribution is -2.22. The lowest BCUT2D eigenvalue weighted by atomic mass is 10.1. The average molecular weight is 135 g/mol. The molecule has 1 rings (SSSR count). The lowest BCUT2D eigenvalue weighted by molar-refractivity contribution is 0.359. The fourth-order valence-electron chi connectivity index (χ4n) is 1.24. The van der Waals surface area contributed by atoms with Crippen LogP contribution in [0.2, 0.25) is 0 Å². The van der Waals surface area contributed by atoms with Gasteiger partial charge in [-0.1, -0.05) is 0 Å². The quantitative estimate of drug-likeness (QED) is 0.481. The second-order valence-corrected chi connectivity index (χ2v) is 2.65. The Bertz CT molecular complexity index is 198. The van der Waals surface area contributed by atoms with E-state index in [0.29, 0.717) is 6.42 Å². The summed E-state index contributed by atoms with van der Waals surface area (Å²) in [4.78, 5) is 1.92. The van der Waals surface area contributed by atoms with Gasteiger partial charge in [0.15, 0.2) is 0 Å². The first-order chi connectivity index (χ1) is 4.77. The second kappa shape index (κ2) is 2.68. The molecule has 0 bridgehead atoms. The van der Waals surface area contributed by atoms with Crippen LogP contribution in [0.1, 0.15) is 6.42 Å². The molecule has 0 amide bonds. The van der Waals surface area contributed by atoms with Crippen molar-refractivity contribution in [3.05, 3.63) is 0 Å². The van der Waals surface area contributed by atoms with Crippen LogP contribution < -0.4 is 0 Å². The van der Waals surface area contributed by atoms with Crippen LogP contribution in [0, 0.1) is 28.6 Å². The maximum Gasteiger partial charge on any atom is 0.0988 e. The van der Waals surface area contributed by atoms with Crippen molar-refractivity contribution in [2.45, 2.75) is 12.5 Å². The monoisotopic (exact) mass is 135 g/mol. The van der Waals surface area contributed by atoms with E-state index in [1.165, 1.54) is 0 Å². The van der Waals surface area contributed by atoms with E-state index in [1.54, 1.807) is 0 Å². The number of nitrogens with zero attached hydrogens (tertiary/aromatic N) is 3. The SMILES string of the molecule is CN1C[C@@H](C#N)C[C@H]1C#N. The average Bonchev–Trinajstić information content (AvgIpc) is 2.30. The third-order valence-corrected chi connectivity index (χ3v) is 1.88. The van der Waals surface area contributed by atoms with Crippen LogP contribution in [-0.4, -0.2) is 24.5 Å². The Kier molecular flexibility index (Phi) is 1.89. The van der Waals surface area contributed by atoms with Gasteiger partial charge in [-0.3, -0.25) is 4.90 Å². The van der Waals surface area contributed by atoms with Gasteiger partial charge in [0.05, 0.1) is 24.1 Å². The largest absolute Gasteiger partial charge is 0.290 e. The predicted octanol–water partition coefficient (Wildman–Crippen LogP) is 0.354. The van der Waals surface area contributed by atoms with Crippen molar-refractivity contribution in [2.24, 2.45) is 5.92 Å². The molecule has 10 heavy (non-hydrogen) atoms. The zero-order chi connectivity index (χ0) is 7.56. The summed E-state index contributed by atoms with van der Waals surface area (Å²) in [7, 11) is 1.88. The number of likely N-dealkylation sites (tertiary alicyclic amines) is 1. The summed E-state index contributed by atoms with van der Waals surface area (Å²) in [5, 5.41) is 17.1. The lowest BCUT2D eigenvalue weighted by Gasteiger charge is -2.09. The van der Waals surface area contributed by atoms with Crippen molar-refractivity contribution in [1.82, 2.24) is 4.90 Å². The zero-order valence-electron chi connectivity index (χ0n) is 5.91. The normalized spacial score (nSPS) is 33.1. The van der Waals surface area contributed by atoms with E-state index in [2.05, 4.69) is 12.1 Å². The smallest absolute Gasteiger partial charge is 0.0988 e.